The monoisotopic (exact) mass is 288 g/mol. The van der Waals surface area contributed by atoms with E-state index in [9.17, 15) is 9.59 Å². The molecule has 3 N–H and O–H groups in total. The highest BCUT2D eigenvalue weighted by molar-refractivity contribution is 5.77. The second-order valence-corrected chi connectivity index (χ2v) is 4.96. The van der Waals surface area contributed by atoms with E-state index in [4.69, 9.17) is 14.9 Å². The van der Waals surface area contributed by atoms with Crippen LogP contribution in [0.25, 0.3) is 0 Å². The van der Waals surface area contributed by atoms with Crippen molar-refractivity contribution in [3.05, 3.63) is 0 Å². The molecule has 2 amide bonds. The summed E-state index contributed by atoms with van der Waals surface area (Å²) in [5.41, 5.74) is 0. The van der Waals surface area contributed by atoms with E-state index in [1.54, 1.807) is 4.90 Å². The number of ether oxygens (including phenoxy) is 1. The van der Waals surface area contributed by atoms with Crippen molar-refractivity contribution in [3.63, 3.8) is 0 Å². The molecule has 1 unspecified atom stereocenters. The molecule has 0 bridgehead atoms. The number of aliphatic hydroxyl groups is 1. The summed E-state index contributed by atoms with van der Waals surface area (Å²) in [6.07, 6.45) is 4.14. The Morgan fingerprint density at radius 3 is 2.50 bits per heavy atom. The SMILES string of the molecule is COC(CNC(=O)N(CCO)C1CCCCC1)C(=O)O. The Labute approximate surface area is 118 Å². The molecule has 0 aliphatic heterocycles. The van der Waals surface area contributed by atoms with E-state index in [2.05, 4.69) is 5.32 Å². The van der Waals surface area contributed by atoms with Crippen LogP contribution in [0.3, 0.4) is 0 Å². The summed E-state index contributed by atoms with van der Waals surface area (Å²) < 4.78 is 4.77. The molecular weight excluding hydrogens is 264 g/mol. The largest absolute Gasteiger partial charge is 0.479 e. The van der Waals surface area contributed by atoms with Crippen molar-refractivity contribution in [1.82, 2.24) is 10.2 Å². The maximum Gasteiger partial charge on any atom is 0.334 e. The van der Waals surface area contributed by atoms with Gasteiger partial charge in [0.05, 0.1) is 13.2 Å². The number of hydrogen-bond donors (Lipinski definition) is 3. The minimum absolute atomic E-state index is 0.0840. The highest BCUT2D eigenvalue weighted by Gasteiger charge is 2.26. The molecule has 0 radical (unpaired) electrons. The van der Waals surface area contributed by atoms with E-state index in [0.29, 0.717) is 0 Å². The Morgan fingerprint density at radius 2 is 2.00 bits per heavy atom. The van der Waals surface area contributed by atoms with Crippen molar-refractivity contribution in [2.24, 2.45) is 0 Å². The topological polar surface area (TPSA) is 99.1 Å². The summed E-state index contributed by atoms with van der Waals surface area (Å²) in [6, 6.07) is -0.212. The standard InChI is InChI=1S/C13H24N2O5/c1-20-11(12(17)18)9-14-13(19)15(7-8-16)10-5-3-2-4-6-10/h10-11,16H,2-9H2,1H3,(H,14,19)(H,17,18). The van der Waals surface area contributed by atoms with Gasteiger partial charge in [-0.05, 0) is 12.8 Å². The number of nitrogens with zero attached hydrogens (tertiary/aromatic N) is 1. The summed E-state index contributed by atoms with van der Waals surface area (Å²) in [5, 5.41) is 20.5. The number of amides is 2. The van der Waals surface area contributed by atoms with Crippen LogP contribution in [-0.4, -0.2) is 66.1 Å². The third-order valence-corrected chi connectivity index (χ3v) is 3.62. The van der Waals surface area contributed by atoms with E-state index in [-0.39, 0.29) is 31.8 Å². The van der Waals surface area contributed by atoms with Crippen molar-refractivity contribution < 1.29 is 24.5 Å². The number of carbonyl (C=O) groups is 2. The zero-order valence-corrected chi connectivity index (χ0v) is 11.9. The third-order valence-electron chi connectivity index (χ3n) is 3.62. The van der Waals surface area contributed by atoms with Crippen LogP contribution in [0.4, 0.5) is 4.79 Å². The predicted molar refractivity (Wildman–Crippen MR) is 72.5 cm³/mol. The van der Waals surface area contributed by atoms with E-state index < -0.39 is 12.1 Å². The van der Waals surface area contributed by atoms with Gasteiger partial charge >= 0.3 is 12.0 Å². The van der Waals surface area contributed by atoms with Gasteiger partial charge in [0, 0.05) is 19.7 Å². The minimum atomic E-state index is -1.11. The molecule has 7 heteroatoms. The first-order chi connectivity index (χ1) is 9.60. The van der Waals surface area contributed by atoms with Crippen molar-refractivity contribution in [2.75, 3.05) is 26.8 Å². The number of urea groups is 1. The van der Waals surface area contributed by atoms with Crippen LogP contribution in [-0.2, 0) is 9.53 Å². The summed E-state index contributed by atoms with van der Waals surface area (Å²) >= 11 is 0. The molecule has 1 saturated carbocycles. The predicted octanol–water partition coefficient (Wildman–Crippen LogP) is 0.423. The molecule has 0 heterocycles. The molecule has 0 spiro atoms. The lowest BCUT2D eigenvalue weighted by Gasteiger charge is -2.34. The van der Waals surface area contributed by atoms with Crippen LogP contribution < -0.4 is 5.32 Å². The number of rotatable bonds is 7. The van der Waals surface area contributed by atoms with Crippen molar-refractivity contribution >= 4 is 12.0 Å². The zero-order valence-electron chi connectivity index (χ0n) is 11.9. The van der Waals surface area contributed by atoms with Crippen LogP contribution >= 0.6 is 0 Å². The van der Waals surface area contributed by atoms with Crippen molar-refractivity contribution in [3.8, 4) is 0 Å². The number of carboxylic acids is 1. The zero-order chi connectivity index (χ0) is 15.0. The van der Waals surface area contributed by atoms with Gasteiger partial charge in [0.1, 0.15) is 0 Å². The maximum absolute atomic E-state index is 12.1. The molecule has 0 saturated heterocycles. The van der Waals surface area contributed by atoms with Gasteiger partial charge in [-0.2, -0.15) is 0 Å². The second-order valence-electron chi connectivity index (χ2n) is 4.96. The Balaban J connectivity index is 2.52. The minimum Gasteiger partial charge on any atom is -0.479 e. The fourth-order valence-electron chi connectivity index (χ4n) is 2.50. The number of carboxylic acid groups (broad SMARTS) is 1. The molecule has 1 atom stereocenters. The Morgan fingerprint density at radius 1 is 1.35 bits per heavy atom. The van der Waals surface area contributed by atoms with Gasteiger partial charge in [-0.25, -0.2) is 9.59 Å². The molecule has 116 valence electrons. The Kier molecular flexibility index (Phi) is 7.32. The first-order valence-electron chi connectivity index (χ1n) is 7.01. The fourth-order valence-corrected chi connectivity index (χ4v) is 2.50. The summed E-state index contributed by atoms with van der Waals surface area (Å²) in [7, 11) is 1.29. The lowest BCUT2D eigenvalue weighted by molar-refractivity contribution is -0.148. The summed E-state index contributed by atoms with van der Waals surface area (Å²) in [5.74, 6) is -1.11. The normalized spacial score (nSPS) is 17.5. The quantitative estimate of drug-likeness (QED) is 0.630. The van der Waals surface area contributed by atoms with Gasteiger partial charge in [0.2, 0.25) is 0 Å². The van der Waals surface area contributed by atoms with Crippen LogP contribution in [0.15, 0.2) is 0 Å². The molecule has 7 nitrogen and oxygen atoms in total. The summed E-state index contributed by atoms with van der Waals surface area (Å²) in [4.78, 5) is 24.5. The van der Waals surface area contributed by atoms with Crippen molar-refractivity contribution in [2.45, 2.75) is 44.2 Å². The highest BCUT2D eigenvalue weighted by atomic mass is 16.5. The van der Waals surface area contributed by atoms with E-state index >= 15 is 0 Å². The van der Waals surface area contributed by atoms with E-state index in [1.807, 2.05) is 0 Å². The van der Waals surface area contributed by atoms with Gasteiger partial charge in [-0.3, -0.25) is 0 Å². The number of methoxy groups -OCH3 is 1. The van der Waals surface area contributed by atoms with Gasteiger partial charge in [-0.1, -0.05) is 19.3 Å². The lowest BCUT2D eigenvalue weighted by atomic mass is 9.94. The molecule has 1 aliphatic rings. The highest BCUT2D eigenvalue weighted by Crippen LogP contribution is 2.22. The number of carbonyl (C=O) groups excluding carboxylic acids is 1. The number of aliphatic carboxylic acids is 1. The number of aliphatic hydroxyl groups excluding tert-OH is 1. The molecule has 20 heavy (non-hydrogen) atoms. The molecule has 0 aromatic carbocycles. The van der Waals surface area contributed by atoms with Gasteiger partial charge < -0.3 is 25.2 Å². The molecule has 1 aliphatic carbocycles. The average molecular weight is 288 g/mol. The van der Waals surface area contributed by atoms with Gasteiger partial charge in [0.25, 0.3) is 0 Å². The fraction of sp³-hybridized carbons (Fsp3) is 0.846. The lowest BCUT2D eigenvalue weighted by Crippen LogP contribution is -2.50. The molecule has 0 aromatic rings. The second kappa shape index (κ2) is 8.76. The summed E-state index contributed by atoms with van der Waals surface area (Å²) in [6.45, 7) is 0.0804. The van der Waals surface area contributed by atoms with Crippen LogP contribution in [0.5, 0.6) is 0 Å². The van der Waals surface area contributed by atoms with Crippen LogP contribution in [0, 0.1) is 0 Å². The smallest absolute Gasteiger partial charge is 0.334 e. The molecular formula is C13H24N2O5. The van der Waals surface area contributed by atoms with E-state index in [0.717, 1.165) is 25.7 Å². The number of hydrogen-bond acceptors (Lipinski definition) is 4. The Bertz CT molecular complexity index is 318. The van der Waals surface area contributed by atoms with E-state index in [1.165, 1.54) is 13.5 Å². The first kappa shape index (κ1) is 16.7. The van der Waals surface area contributed by atoms with Gasteiger partial charge in [-0.15, -0.1) is 0 Å². The van der Waals surface area contributed by atoms with Crippen LogP contribution in [0.1, 0.15) is 32.1 Å². The van der Waals surface area contributed by atoms with Crippen LogP contribution in [0.2, 0.25) is 0 Å². The number of nitrogens with one attached hydrogen (secondary N) is 1. The third kappa shape index (κ3) is 4.97. The Hall–Kier alpha value is -1.34. The molecule has 0 aromatic heterocycles. The average Bonchev–Trinajstić information content (AvgIpc) is 2.45. The van der Waals surface area contributed by atoms with Gasteiger partial charge in [0.15, 0.2) is 6.10 Å². The molecule has 1 rings (SSSR count). The first-order valence-corrected chi connectivity index (χ1v) is 7.01. The van der Waals surface area contributed by atoms with Crippen molar-refractivity contribution in [1.29, 1.82) is 0 Å². The maximum atomic E-state index is 12.1. The molecule has 1 fully saturated rings.